The van der Waals surface area contributed by atoms with Crippen LogP contribution in [0.1, 0.15) is 17.3 Å². The van der Waals surface area contributed by atoms with Crippen LogP contribution in [0.3, 0.4) is 0 Å². The normalized spacial score (nSPS) is 11.9. The number of nitrogens with zero attached hydrogens (tertiary/aromatic N) is 1. The van der Waals surface area contributed by atoms with Crippen LogP contribution < -0.4 is 5.32 Å². The van der Waals surface area contributed by atoms with Crippen LogP contribution in [-0.2, 0) is 9.53 Å². The monoisotopic (exact) mass is 258 g/mol. The van der Waals surface area contributed by atoms with Crippen molar-refractivity contribution < 1.29 is 14.3 Å². The molecular formula is C14H14N2O3. The Morgan fingerprint density at radius 3 is 2.74 bits per heavy atom. The number of carbonyl (C=O) groups is 2. The van der Waals surface area contributed by atoms with Crippen LogP contribution >= 0.6 is 0 Å². The minimum atomic E-state index is -0.698. The summed E-state index contributed by atoms with van der Waals surface area (Å²) in [5.74, 6) is -0.830. The molecule has 98 valence electrons. The lowest BCUT2D eigenvalue weighted by Gasteiger charge is -2.12. The zero-order valence-electron chi connectivity index (χ0n) is 10.7. The lowest BCUT2D eigenvalue weighted by molar-refractivity contribution is -0.142. The molecule has 0 unspecified atom stereocenters. The number of hydrogen-bond acceptors (Lipinski definition) is 4. The van der Waals surface area contributed by atoms with Gasteiger partial charge in [-0.05, 0) is 19.1 Å². The summed E-state index contributed by atoms with van der Waals surface area (Å²) in [6.45, 7) is 1.57. The molecule has 5 nitrogen and oxygen atoms in total. The largest absolute Gasteiger partial charge is 0.467 e. The zero-order chi connectivity index (χ0) is 13.8. The smallest absolute Gasteiger partial charge is 0.328 e. The van der Waals surface area contributed by atoms with Crippen molar-refractivity contribution in [1.29, 1.82) is 0 Å². The standard InChI is InChI=1S/C14H14N2O3/c1-9(14(18)19-2)16-13(17)11-7-3-5-10-6-4-8-15-12(10)11/h3-9H,1-2H3,(H,16,17)/t9-/m1/s1. The Morgan fingerprint density at radius 2 is 2.00 bits per heavy atom. The van der Waals surface area contributed by atoms with Gasteiger partial charge in [-0.1, -0.05) is 18.2 Å². The van der Waals surface area contributed by atoms with Crippen molar-refractivity contribution in [1.82, 2.24) is 10.3 Å². The maximum Gasteiger partial charge on any atom is 0.328 e. The van der Waals surface area contributed by atoms with E-state index in [1.807, 2.05) is 12.1 Å². The number of rotatable bonds is 3. The van der Waals surface area contributed by atoms with E-state index in [0.717, 1.165) is 5.39 Å². The van der Waals surface area contributed by atoms with E-state index in [-0.39, 0.29) is 5.91 Å². The van der Waals surface area contributed by atoms with Gasteiger partial charge in [-0.2, -0.15) is 0 Å². The van der Waals surface area contributed by atoms with Gasteiger partial charge in [0.2, 0.25) is 0 Å². The maximum absolute atomic E-state index is 12.1. The van der Waals surface area contributed by atoms with Gasteiger partial charge >= 0.3 is 5.97 Å². The number of methoxy groups -OCH3 is 1. The highest BCUT2D eigenvalue weighted by molar-refractivity contribution is 6.06. The summed E-state index contributed by atoms with van der Waals surface area (Å²) in [5, 5.41) is 3.46. The third-order valence-corrected chi connectivity index (χ3v) is 2.78. The van der Waals surface area contributed by atoms with E-state index in [0.29, 0.717) is 11.1 Å². The van der Waals surface area contributed by atoms with Crippen LogP contribution in [0.25, 0.3) is 10.9 Å². The number of para-hydroxylation sites is 1. The van der Waals surface area contributed by atoms with Crippen LogP contribution in [0.4, 0.5) is 0 Å². The van der Waals surface area contributed by atoms with Crippen molar-refractivity contribution in [2.45, 2.75) is 13.0 Å². The van der Waals surface area contributed by atoms with Crippen LogP contribution in [0.5, 0.6) is 0 Å². The van der Waals surface area contributed by atoms with E-state index in [1.165, 1.54) is 7.11 Å². The van der Waals surface area contributed by atoms with Crippen LogP contribution in [0.2, 0.25) is 0 Å². The van der Waals surface area contributed by atoms with Crippen LogP contribution in [0.15, 0.2) is 36.5 Å². The lowest BCUT2D eigenvalue weighted by Crippen LogP contribution is -2.39. The van der Waals surface area contributed by atoms with Gasteiger partial charge in [0.1, 0.15) is 6.04 Å². The Kier molecular flexibility index (Phi) is 3.75. The molecule has 1 aromatic carbocycles. The first-order chi connectivity index (χ1) is 9.13. The summed E-state index contributed by atoms with van der Waals surface area (Å²) in [7, 11) is 1.28. The second-order valence-electron chi connectivity index (χ2n) is 4.10. The molecule has 0 radical (unpaired) electrons. The van der Waals surface area contributed by atoms with Crippen molar-refractivity contribution in [2.75, 3.05) is 7.11 Å². The van der Waals surface area contributed by atoms with Crippen molar-refractivity contribution in [3.63, 3.8) is 0 Å². The first-order valence-corrected chi connectivity index (χ1v) is 5.86. The zero-order valence-corrected chi connectivity index (χ0v) is 10.7. The van der Waals surface area contributed by atoms with Gasteiger partial charge < -0.3 is 10.1 Å². The lowest BCUT2D eigenvalue weighted by atomic mass is 10.1. The molecule has 0 aliphatic carbocycles. The van der Waals surface area contributed by atoms with Crippen LogP contribution in [-0.4, -0.2) is 30.0 Å². The minimum absolute atomic E-state index is 0.345. The predicted molar refractivity (Wildman–Crippen MR) is 70.7 cm³/mol. The molecule has 2 rings (SSSR count). The third kappa shape index (κ3) is 2.70. The Balaban J connectivity index is 2.29. The highest BCUT2D eigenvalue weighted by Gasteiger charge is 2.18. The molecule has 5 heteroatoms. The Morgan fingerprint density at radius 1 is 1.26 bits per heavy atom. The van der Waals surface area contributed by atoms with Gasteiger partial charge in [0.15, 0.2) is 0 Å². The number of ether oxygens (including phenoxy) is 1. The maximum atomic E-state index is 12.1. The van der Waals surface area contributed by atoms with E-state index in [4.69, 9.17) is 0 Å². The Hall–Kier alpha value is -2.43. The van der Waals surface area contributed by atoms with Gasteiger partial charge in [-0.15, -0.1) is 0 Å². The third-order valence-electron chi connectivity index (χ3n) is 2.78. The molecule has 0 aliphatic heterocycles. The summed E-state index contributed by atoms with van der Waals surface area (Å²) in [6.07, 6.45) is 1.63. The number of aromatic nitrogens is 1. The first-order valence-electron chi connectivity index (χ1n) is 5.86. The fourth-order valence-electron chi connectivity index (χ4n) is 1.80. The minimum Gasteiger partial charge on any atom is -0.467 e. The second kappa shape index (κ2) is 5.48. The fourth-order valence-corrected chi connectivity index (χ4v) is 1.80. The van der Waals surface area contributed by atoms with E-state index in [1.54, 1.807) is 31.3 Å². The summed E-state index contributed by atoms with van der Waals surface area (Å²) >= 11 is 0. The molecule has 19 heavy (non-hydrogen) atoms. The number of esters is 1. The topological polar surface area (TPSA) is 68.3 Å². The van der Waals surface area contributed by atoms with Crippen molar-refractivity contribution in [3.8, 4) is 0 Å². The number of pyridine rings is 1. The summed E-state index contributed by atoms with van der Waals surface area (Å²) in [4.78, 5) is 27.6. The second-order valence-corrected chi connectivity index (χ2v) is 4.10. The van der Waals surface area contributed by atoms with E-state index in [2.05, 4.69) is 15.0 Å². The van der Waals surface area contributed by atoms with Crippen molar-refractivity contribution in [3.05, 3.63) is 42.1 Å². The van der Waals surface area contributed by atoms with Crippen molar-refractivity contribution >= 4 is 22.8 Å². The first kappa shape index (κ1) is 13.0. The summed E-state index contributed by atoms with van der Waals surface area (Å²) in [6, 6.07) is 8.32. The number of fused-ring (bicyclic) bond motifs is 1. The van der Waals surface area contributed by atoms with Gasteiger partial charge in [0, 0.05) is 11.6 Å². The number of carbonyl (C=O) groups excluding carboxylic acids is 2. The highest BCUT2D eigenvalue weighted by atomic mass is 16.5. The number of nitrogens with one attached hydrogen (secondary N) is 1. The summed E-state index contributed by atoms with van der Waals surface area (Å²) in [5.41, 5.74) is 1.05. The molecule has 0 fully saturated rings. The van der Waals surface area contributed by atoms with Gasteiger partial charge in [0.05, 0.1) is 18.2 Å². The molecule has 0 bridgehead atoms. The van der Waals surface area contributed by atoms with E-state index >= 15 is 0 Å². The van der Waals surface area contributed by atoms with Gasteiger partial charge in [-0.25, -0.2) is 4.79 Å². The molecule has 1 atom stereocenters. The van der Waals surface area contributed by atoms with Crippen molar-refractivity contribution in [2.24, 2.45) is 0 Å². The molecule has 1 aromatic heterocycles. The molecule has 1 N–H and O–H groups in total. The van der Waals surface area contributed by atoms with Gasteiger partial charge in [0.25, 0.3) is 5.91 Å². The highest BCUT2D eigenvalue weighted by Crippen LogP contribution is 2.15. The fraction of sp³-hybridized carbons (Fsp3) is 0.214. The quantitative estimate of drug-likeness (QED) is 0.848. The van der Waals surface area contributed by atoms with Gasteiger partial charge in [-0.3, -0.25) is 9.78 Å². The van der Waals surface area contributed by atoms with Crippen LogP contribution in [0, 0.1) is 0 Å². The Bertz CT molecular complexity index is 620. The average Bonchev–Trinajstić information content (AvgIpc) is 2.45. The predicted octanol–water partition coefficient (Wildman–Crippen LogP) is 1.53. The molecule has 1 heterocycles. The molecular weight excluding hydrogens is 244 g/mol. The molecule has 2 aromatic rings. The molecule has 0 aliphatic rings. The number of amides is 1. The number of hydrogen-bond donors (Lipinski definition) is 1. The molecule has 1 amide bonds. The molecule has 0 saturated carbocycles. The molecule has 0 spiro atoms. The Labute approximate surface area is 110 Å². The number of benzene rings is 1. The average molecular weight is 258 g/mol. The van der Waals surface area contributed by atoms with E-state index < -0.39 is 12.0 Å². The van der Waals surface area contributed by atoms with E-state index in [9.17, 15) is 9.59 Å². The SMILES string of the molecule is COC(=O)[C@@H](C)NC(=O)c1cccc2cccnc12. The molecule has 0 saturated heterocycles. The summed E-state index contributed by atoms with van der Waals surface area (Å²) < 4.78 is 4.57.